The quantitative estimate of drug-likeness (QED) is 0.0488. The molecule has 4 aromatic carbocycles. The summed E-state index contributed by atoms with van der Waals surface area (Å²) in [4.78, 5) is 24.3. The van der Waals surface area contributed by atoms with E-state index in [1.165, 1.54) is 0 Å². The van der Waals surface area contributed by atoms with Gasteiger partial charge in [0.05, 0.1) is 39.5 Å². The van der Waals surface area contributed by atoms with Crippen molar-refractivity contribution in [3.05, 3.63) is 144 Å². The van der Waals surface area contributed by atoms with Crippen molar-refractivity contribution in [1.29, 1.82) is 0 Å². The summed E-state index contributed by atoms with van der Waals surface area (Å²) in [5, 5.41) is 2.52. The summed E-state index contributed by atoms with van der Waals surface area (Å²) < 4.78 is 76.8. The summed E-state index contributed by atoms with van der Waals surface area (Å²) in [5.41, 5.74) is 3.41. The van der Waals surface area contributed by atoms with Gasteiger partial charge in [-0.25, -0.2) is 4.79 Å². The second-order valence-electron chi connectivity index (χ2n) is 12.8. The first-order valence-corrected chi connectivity index (χ1v) is 19.6. The van der Waals surface area contributed by atoms with Crippen LogP contribution < -0.4 is 5.32 Å². The number of hydrogen-bond acceptors (Lipinski definition) is 11. The van der Waals surface area contributed by atoms with E-state index < -0.39 is 58.6 Å². The van der Waals surface area contributed by atoms with Crippen LogP contribution in [0.15, 0.2) is 121 Å². The number of ether oxygens (including phenoxy) is 7. The molecule has 2 N–H and O–H groups in total. The number of nitrogens with one attached hydrogen (secondary N) is 1. The molecule has 15 heteroatoms. The first-order valence-electron chi connectivity index (χ1n) is 18.0. The molecule has 1 aliphatic rings. The number of esters is 1. The summed E-state index contributed by atoms with van der Waals surface area (Å²) in [6.45, 7) is 0.582. The minimum Gasteiger partial charge on any atom is -0.466 e. The summed E-state index contributed by atoms with van der Waals surface area (Å²) in [6, 6.07) is 37.5. The van der Waals surface area contributed by atoms with E-state index in [1.807, 2.05) is 121 Å². The molecule has 0 aromatic heterocycles. The van der Waals surface area contributed by atoms with Crippen LogP contribution in [0.4, 0.5) is 4.79 Å². The SMILES string of the molecule is O=C(CCNC(=O)OCc1ccccc1)OCCCO[C@H]1O[C@H](CS(=O)(=O)O)[C@@H](OCc2ccccc2)[C@H](OCc2ccccc2)[C@H]1OCc1ccccc1.[Na]. The van der Waals surface area contributed by atoms with E-state index in [-0.39, 0.29) is 88.6 Å². The third-order valence-electron chi connectivity index (χ3n) is 8.47. The second-order valence-corrected chi connectivity index (χ2v) is 14.3. The smallest absolute Gasteiger partial charge is 0.407 e. The third kappa shape index (κ3) is 16.1. The number of benzene rings is 4. The number of hydrogen-bond donors (Lipinski definition) is 2. The maximum absolute atomic E-state index is 12.3. The van der Waals surface area contributed by atoms with Gasteiger partial charge >= 0.3 is 12.1 Å². The van der Waals surface area contributed by atoms with Crippen LogP contribution in [0.2, 0.25) is 0 Å². The predicted octanol–water partition coefficient (Wildman–Crippen LogP) is 5.24. The van der Waals surface area contributed by atoms with Gasteiger partial charge in [-0.05, 0) is 22.3 Å². The Kier molecular flexibility index (Phi) is 19.4. The van der Waals surface area contributed by atoms with Crippen LogP contribution in [0, 0.1) is 0 Å². The average molecular weight is 801 g/mol. The summed E-state index contributed by atoms with van der Waals surface area (Å²) in [6.07, 6.45) is -5.65. The number of amides is 1. The second kappa shape index (κ2) is 24.2. The molecule has 1 aliphatic heterocycles. The maximum Gasteiger partial charge on any atom is 0.407 e. The van der Waals surface area contributed by atoms with Crippen molar-refractivity contribution in [3.63, 3.8) is 0 Å². The molecule has 1 fully saturated rings. The molecule has 13 nitrogen and oxygen atoms in total. The fourth-order valence-electron chi connectivity index (χ4n) is 5.78. The van der Waals surface area contributed by atoms with Gasteiger partial charge in [-0.15, -0.1) is 0 Å². The molecule has 0 aliphatic carbocycles. The molecule has 4 aromatic rings. The standard InChI is InChI=1S/C41H47NO12S.Na/c43-36(22-23-42-41(44)53-29-34-20-11-4-12-21-34)48-24-13-25-49-40-39(52-28-33-18-9-3-10-19-33)38(51-27-32-16-7-2-8-17-32)37(35(54-40)30-55(45,46)47)50-26-31-14-5-1-6-15-31;/h1-12,14-21,35,37-40H,13,22-30H2,(H,42,44)(H,45,46,47);/t35-,37-,38+,39-,40+;/m1./s1. The van der Waals surface area contributed by atoms with Crippen LogP contribution in [0.5, 0.6) is 0 Å². The van der Waals surface area contributed by atoms with Gasteiger partial charge in [-0.2, -0.15) is 8.42 Å². The molecule has 1 saturated heterocycles. The van der Waals surface area contributed by atoms with Gasteiger partial charge in [0.15, 0.2) is 6.29 Å². The van der Waals surface area contributed by atoms with Crippen LogP contribution in [0.1, 0.15) is 35.1 Å². The molecule has 5 atom stereocenters. The maximum atomic E-state index is 12.3. The number of carbonyl (C=O) groups is 2. The van der Waals surface area contributed by atoms with Gasteiger partial charge in [0, 0.05) is 42.5 Å². The van der Waals surface area contributed by atoms with Gasteiger partial charge in [0.25, 0.3) is 10.1 Å². The summed E-state index contributed by atoms with van der Waals surface area (Å²) in [7, 11) is -4.54. The fraction of sp³-hybridized carbons (Fsp3) is 0.366. The number of alkyl carbamates (subject to hydrolysis) is 1. The van der Waals surface area contributed by atoms with Crippen molar-refractivity contribution in [2.24, 2.45) is 0 Å². The zero-order chi connectivity index (χ0) is 38.7. The Labute approximate surface area is 350 Å². The van der Waals surface area contributed by atoms with Crippen molar-refractivity contribution in [2.75, 3.05) is 25.5 Å². The molecule has 56 heavy (non-hydrogen) atoms. The van der Waals surface area contributed by atoms with Crippen LogP contribution in [0.3, 0.4) is 0 Å². The minimum absolute atomic E-state index is 0. The molecule has 0 unspecified atom stereocenters. The van der Waals surface area contributed by atoms with E-state index in [0.717, 1.165) is 22.3 Å². The number of rotatable bonds is 21. The number of carbonyl (C=O) groups excluding carboxylic acids is 2. The Morgan fingerprint density at radius 2 is 1.07 bits per heavy atom. The topological polar surface area (TPSA) is 165 Å². The van der Waals surface area contributed by atoms with Gasteiger partial charge in [-0.1, -0.05) is 121 Å². The van der Waals surface area contributed by atoms with Crippen molar-refractivity contribution in [2.45, 2.75) is 70.0 Å². The van der Waals surface area contributed by atoms with Crippen LogP contribution in [0.25, 0.3) is 0 Å². The molecule has 0 bridgehead atoms. The Balaban J connectivity index is 0.00000696. The Bertz CT molecular complexity index is 1820. The zero-order valence-electron chi connectivity index (χ0n) is 31.4. The molecule has 1 amide bonds. The molecule has 0 saturated carbocycles. The Hall–Kier alpha value is -3.67. The Morgan fingerprint density at radius 3 is 1.57 bits per heavy atom. The summed E-state index contributed by atoms with van der Waals surface area (Å²) >= 11 is 0. The van der Waals surface area contributed by atoms with Gasteiger partial charge < -0.3 is 38.5 Å². The van der Waals surface area contributed by atoms with E-state index in [1.54, 1.807) is 0 Å². The van der Waals surface area contributed by atoms with Gasteiger partial charge in [0.1, 0.15) is 36.8 Å². The monoisotopic (exact) mass is 800 g/mol. The molecule has 1 heterocycles. The van der Waals surface area contributed by atoms with E-state index in [9.17, 15) is 22.6 Å². The van der Waals surface area contributed by atoms with Gasteiger partial charge in [0.2, 0.25) is 0 Å². The van der Waals surface area contributed by atoms with E-state index in [0.29, 0.717) is 0 Å². The largest absolute Gasteiger partial charge is 0.466 e. The molecule has 5 rings (SSSR count). The Morgan fingerprint density at radius 1 is 0.607 bits per heavy atom. The van der Waals surface area contributed by atoms with Gasteiger partial charge in [-0.3, -0.25) is 9.35 Å². The normalized spacial score (nSPS) is 19.3. The average Bonchev–Trinajstić information content (AvgIpc) is 3.19. The zero-order valence-corrected chi connectivity index (χ0v) is 34.2. The first-order chi connectivity index (χ1) is 26.7. The molecular formula is C41H47NNaO12S. The molecule has 1 radical (unpaired) electrons. The van der Waals surface area contributed by atoms with Crippen molar-refractivity contribution in [1.82, 2.24) is 5.32 Å². The fourth-order valence-corrected chi connectivity index (χ4v) is 6.46. The van der Waals surface area contributed by atoms with E-state index >= 15 is 0 Å². The minimum atomic E-state index is -4.54. The third-order valence-corrected chi connectivity index (χ3v) is 9.22. The molecule has 0 spiro atoms. The van der Waals surface area contributed by atoms with Crippen molar-refractivity contribution >= 4 is 51.7 Å². The molecule has 295 valence electrons. The van der Waals surface area contributed by atoms with E-state index in [4.69, 9.17) is 33.2 Å². The van der Waals surface area contributed by atoms with E-state index in [2.05, 4.69) is 5.32 Å². The van der Waals surface area contributed by atoms with Crippen LogP contribution in [-0.2, 0) is 74.5 Å². The van der Waals surface area contributed by atoms with Crippen molar-refractivity contribution < 1.29 is 55.7 Å². The summed E-state index contributed by atoms with van der Waals surface area (Å²) in [5.74, 6) is -1.31. The first kappa shape index (κ1) is 45.0. The predicted molar refractivity (Wildman–Crippen MR) is 207 cm³/mol. The van der Waals surface area contributed by atoms with Crippen LogP contribution in [-0.4, -0.2) is 111 Å². The van der Waals surface area contributed by atoms with Crippen LogP contribution >= 0.6 is 0 Å². The molecular weight excluding hydrogens is 754 g/mol. The van der Waals surface area contributed by atoms with Crippen molar-refractivity contribution in [3.8, 4) is 0 Å².